The lowest BCUT2D eigenvalue weighted by Crippen LogP contribution is -2.21. The first kappa shape index (κ1) is 19.2. The molecule has 3 aromatic rings. The fraction of sp³-hybridized carbons (Fsp3) is 0.143. The third-order valence-corrected chi connectivity index (χ3v) is 4.78. The molecule has 27 heavy (non-hydrogen) atoms. The minimum absolute atomic E-state index is 0.334. The number of anilines is 1. The molecule has 1 N–H and O–H groups in total. The van der Waals surface area contributed by atoms with Gasteiger partial charge in [0.2, 0.25) is 0 Å². The monoisotopic (exact) mass is 474 g/mol. The molecule has 3 rings (SSSR count). The van der Waals surface area contributed by atoms with Gasteiger partial charge in [0.15, 0.2) is 6.61 Å². The van der Waals surface area contributed by atoms with Crippen LogP contribution in [0.4, 0.5) is 5.69 Å². The summed E-state index contributed by atoms with van der Waals surface area (Å²) in [6.07, 6.45) is 0. The number of carbonyl (C=O) groups is 2. The summed E-state index contributed by atoms with van der Waals surface area (Å²) in [5.41, 5.74) is 3.81. The number of benzene rings is 2. The lowest BCUT2D eigenvalue weighted by Gasteiger charge is -2.10. The predicted octanol–water partition coefficient (Wildman–Crippen LogP) is 4.49. The number of amides is 1. The number of esters is 1. The minimum Gasteiger partial charge on any atom is -0.452 e. The van der Waals surface area contributed by atoms with Crippen LogP contribution in [0.3, 0.4) is 0 Å². The van der Waals surface area contributed by atoms with E-state index >= 15 is 0 Å². The van der Waals surface area contributed by atoms with Crippen LogP contribution in [0.25, 0.3) is 5.69 Å². The van der Waals surface area contributed by atoms with Gasteiger partial charge in [0.1, 0.15) is 0 Å². The molecule has 0 saturated heterocycles. The Morgan fingerprint density at radius 3 is 2.48 bits per heavy atom. The number of aromatic nitrogens is 1. The van der Waals surface area contributed by atoms with Crippen molar-refractivity contribution in [3.63, 3.8) is 0 Å². The van der Waals surface area contributed by atoms with Gasteiger partial charge in [0, 0.05) is 26.3 Å². The quantitative estimate of drug-likeness (QED) is 0.438. The summed E-state index contributed by atoms with van der Waals surface area (Å²) in [5.74, 6) is -0.884. The van der Waals surface area contributed by atoms with Gasteiger partial charge in [-0.1, -0.05) is 24.3 Å². The normalized spacial score (nSPS) is 10.5. The van der Waals surface area contributed by atoms with Crippen molar-refractivity contribution in [2.24, 2.45) is 0 Å². The molecule has 0 aliphatic heterocycles. The summed E-state index contributed by atoms with van der Waals surface area (Å²) in [6, 6.07) is 19.0. The zero-order valence-corrected chi connectivity index (χ0v) is 17.2. The molecule has 5 nitrogen and oxygen atoms in total. The van der Waals surface area contributed by atoms with Crippen LogP contribution in [-0.2, 0) is 9.53 Å². The fourth-order valence-corrected chi connectivity index (χ4v) is 3.46. The van der Waals surface area contributed by atoms with Crippen LogP contribution in [0.15, 0.2) is 60.7 Å². The molecule has 0 unspecified atom stereocenters. The molecule has 1 heterocycles. The Bertz CT molecular complexity index is 980. The second-order valence-electron chi connectivity index (χ2n) is 6.09. The molecule has 0 atom stereocenters. The number of ether oxygens (including phenoxy) is 1. The first-order valence-corrected chi connectivity index (χ1v) is 9.50. The third kappa shape index (κ3) is 4.57. The highest BCUT2D eigenvalue weighted by atomic mass is 127. The average Bonchev–Trinajstić information content (AvgIpc) is 2.95. The standard InChI is InChI=1S/C21H19IN2O3/c1-14-11-19(15(2)24(14)18-9-4-3-5-10-18)21(26)27-13-20(25)23-17-8-6-7-16(22)12-17/h3-12H,13H2,1-2H3,(H,23,25). The number of halogens is 1. The van der Waals surface area contributed by atoms with Gasteiger partial charge in [-0.15, -0.1) is 0 Å². The Morgan fingerprint density at radius 1 is 1.04 bits per heavy atom. The molecular weight excluding hydrogens is 455 g/mol. The summed E-state index contributed by atoms with van der Waals surface area (Å²) < 4.78 is 8.21. The summed E-state index contributed by atoms with van der Waals surface area (Å²) in [6.45, 7) is 3.46. The Kier molecular flexibility index (Phi) is 5.95. The minimum atomic E-state index is -0.511. The van der Waals surface area contributed by atoms with Crippen molar-refractivity contribution >= 4 is 40.2 Å². The van der Waals surface area contributed by atoms with Gasteiger partial charge >= 0.3 is 5.97 Å². The van der Waals surface area contributed by atoms with Gasteiger partial charge in [-0.05, 0) is 72.8 Å². The second kappa shape index (κ2) is 8.39. The van der Waals surface area contributed by atoms with E-state index in [0.717, 1.165) is 20.6 Å². The van der Waals surface area contributed by atoms with Gasteiger partial charge < -0.3 is 14.6 Å². The highest BCUT2D eigenvalue weighted by molar-refractivity contribution is 14.1. The van der Waals surface area contributed by atoms with Crippen molar-refractivity contribution in [1.29, 1.82) is 0 Å². The fourth-order valence-electron chi connectivity index (χ4n) is 2.92. The van der Waals surface area contributed by atoms with Crippen molar-refractivity contribution in [2.75, 3.05) is 11.9 Å². The highest BCUT2D eigenvalue weighted by Gasteiger charge is 2.18. The van der Waals surface area contributed by atoms with Crippen LogP contribution in [-0.4, -0.2) is 23.1 Å². The molecule has 1 aromatic heterocycles. The van der Waals surface area contributed by atoms with Crippen LogP contribution in [0.5, 0.6) is 0 Å². The number of hydrogen-bond donors (Lipinski definition) is 1. The van der Waals surface area contributed by atoms with Gasteiger partial charge in [-0.3, -0.25) is 4.79 Å². The van der Waals surface area contributed by atoms with Crippen molar-refractivity contribution in [2.45, 2.75) is 13.8 Å². The van der Waals surface area contributed by atoms with E-state index in [2.05, 4.69) is 27.9 Å². The Balaban J connectivity index is 1.67. The maximum absolute atomic E-state index is 12.5. The Hall–Kier alpha value is -2.61. The Labute approximate surface area is 171 Å². The summed E-state index contributed by atoms with van der Waals surface area (Å²) in [4.78, 5) is 24.5. The van der Waals surface area contributed by atoms with Gasteiger partial charge in [0.05, 0.1) is 5.56 Å². The molecule has 0 bridgehead atoms. The first-order valence-electron chi connectivity index (χ1n) is 8.42. The smallest absolute Gasteiger partial charge is 0.340 e. The van der Waals surface area contributed by atoms with E-state index < -0.39 is 5.97 Å². The summed E-state index contributed by atoms with van der Waals surface area (Å²) in [5, 5.41) is 2.72. The van der Waals surface area contributed by atoms with Crippen molar-refractivity contribution in [3.05, 3.63) is 81.2 Å². The average molecular weight is 474 g/mol. The number of nitrogens with zero attached hydrogens (tertiary/aromatic N) is 1. The zero-order valence-electron chi connectivity index (χ0n) is 15.0. The van der Waals surface area contributed by atoms with Crippen molar-refractivity contribution in [3.8, 4) is 5.69 Å². The van der Waals surface area contributed by atoms with E-state index in [9.17, 15) is 9.59 Å². The number of nitrogens with one attached hydrogen (secondary N) is 1. The van der Waals surface area contributed by atoms with Gasteiger partial charge in [-0.25, -0.2) is 4.79 Å². The predicted molar refractivity (Wildman–Crippen MR) is 113 cm³/mol. The molecule has 138 valence electrons. The number of carbonyl (C=O) groups excluding carboxylic acids is 2. The molecule has 0 saturated carbocycles. The van der Waals surface area contributed by atoms with E-state index in [1.165, 1.54) is 0 Å². The highest BCUT2D eigenvalue weighted by Crippen LogP contribution is 2.21. The third-order valence-electron chi connectivity index (χ3n) is 4.11. The van der Waals surface area contributed by atoms with Gasteiger partial charge in [-0.2, -0.15) is 0 Å². The van der Waals surface area contributed by atoms with Crippen molar-refractivity contribution in [1.82, 2.24) is 4.57 Å². The number of aryl methyl sites for hydroxylation is 1. The maximum atomic E-state index is 12.5. The SMILES string of the molecule is Cc1cc(C(=O)OCC(=O)Nc2cccc(I)c2)c(C)n1-c1ccccc1. The van der Waals surface area contributed by atoms with E-state index in [0.29, 0.717) is 11.3 Å². The largest absolute Gasteiger partial charge is 0.452 e. The molecule has 0 spiro atoms. The molecular formula is C21H19IN2O3. The van der Waals surface area contributed by atoms with Crippen molar-refractivity contribution < 1.29 is 14.3 Å². The van der Waals surface area contributed by atoms with Crippen LogP contribution in [0, 0.1) is 17.4 Å². The van der Waals surface area contributed by atoms with E-state index in [1.807, 2.05) is 66.9 Å². The van der Waals surface area contributed by atoms with E-state index in [1.54, 1.807) is 12.1 Å². The first-order chi connectivity index (χ1) is 13.0. The zero-order chi connectivity index (χ0) is 19.4. The number of rotatable bonds is 5. The molecule has 6 heteroatoms. The maximum Gasteiger partial charge on any atom is 0.340 e. The lowest BCUT2D eigenvalue weighted by atomic mass is 10.2. The molecule has 1 amide bonds. The van der Waals surface area contributed by atoms with E-state index in [4.69, 9.17) is 4.74 Å². The molecule has 2 aromatic carbocycles. The van der Waals surface area contributed by atoms with Crippen LogP contribution >= 0.6 is 22.6 Å². The lowest BCUT2D eigenvalue weighted by molar-refractivity contribution is -0.119. The summed E-state index contributed by atoms with van der Waals surface area (Å²) >= 11 is 2.17. The molecule has 0 aliphatic rings. The Morgan fingerprint density at radius 2 is 1.78 bits per heavy atom. The van der Waals surface area contributed by atoms with Crippen LogP contribution in [0.1, 0.15) is 21.7 Å². The summed E-state index contributed by atoms with van der Waals surface area (Å²) in [7, 11) is 0. The van der Waals surface area contributed by atoms with E-state index in [-0.39, 0.29) is 12.5 Å². The molecule has 0 aliphatic carbocycles. The van der Waals surface area contributed by atoms with Crippen LogP contribution < -0.4 is 5.32 Å². The van der Waals surface area contributed by atoms with Crippen LogP contribution in [0.2, 0.25) is 0 Å². The topological polar surface area (TPSA) is 60.3 Å². The number of para-hydroxylation sites is 1. The number of hydrogen-bond acceptors (Lipinski definition) is 3. The van der Waals surface area contributed by atoms with Gasteiger partial charge in [0.25, 0.3) is 5.91 Å². The molecule has 0 fully saturated rings. The molecule has 0 radical (unpaired) electrons. The second-order valence-corrected chi connectivity index (χ2v) is 7.34.